The Kier molecular flexibility index (Phi) is 5.86. The van der Waals surface area contributed by atoms with Gasteiger partial charge in [0.2, 0.25) is 10.0 Å². The van der Waals surface area contributed by atoms with Crippen molar-refractivity contribution in [3.05, 3.63) is 90.0 Å². The van der Waals surface area contributed by atoms with Gasteiger partial charge in [-0.25, -0.2) is 13.1 Å². The summed E-state index contributed by atoms with van der Waals surface area (Å²) >= 11 is 0. The number of benzene rings is 3. The molecular weight excluding hydrogens is 387 g/mol. The van der Waals surface area contributed by atoms with Gasteiger partial charge in [-0.1, -0.05) is 60.7 Å². The fourth-order valence-electron chi connectivity index (χ4n) is 2.77. The van der Waals surface area contributed by atoms with Crippen LogP contribution in [-0.2, 0) is 22.6 Å². The second kappa shape index (κ2) is 8.16. The summed E-state index contributed by atoms with van der Waals surface area (Å²) in [6.07, 6.45) is -4.26. The first kappa shape index (κ1) is 20.1. The van der Waals surface area contributed by atoms with Crippen LogP contribution in [0.1, 0.15) is 11.1 Å². The van der Waals surface area contributed by atoms with Gasteiger partial charge in [-0.05, 0) is 41.3 Å². The van der Waals surface area contributed by atoms with Crippen LogP contribution >= 0.6 is 0 Å². The third-order valence-electron chi connectivity index (χ3n) is 4.23. The molecule has 28 heavy (non-hydrogen) atoms. The summed E-state index contributed by atoms with van der Waals surface area (Å²) < 4.78 is 65.5. The van der Waals surface area contributed by atoms with Gasteiger partial charge in [-0.2, -0.15) is 13.2 Å². The summed E-state index contributed by atoms with van der Waals surface area (Å²) in [6.45, 7) is 0.00405. The van der Waals surface area contributed by atoms with Gasteiger partial charge in [0.25, 0.3) is 0 Å². The number of sulfonamides is 1. The summed E-state index contributed by atoms with van der Waals surface area (Å²) in [5, 5.41) is 0. The lowest BCUT2D eigenvalue weighted by molar-refractivity contribution is -0.137. The molecule has 7 heteroatoms. The molecule has 0 heterocycles. The Morgan fingerprint density at radius 3 is 2.07 bits per heavy atom. The van der Waals surface area contributed by atoms with Gasteiger partial charge in [0.15, 0.2) is 0 Å². The molecule has 1 N–H and O–H groups in total. The van der Waals surface area contributed by atoms with Crippen LogP contribution in [0.4, 0.5) is 13.2 Å². The van der Waals surface area contributed by atoms with E-state index < -0.39 is 21.8 Å². The first-order valence-electron chi connectivity index (χ1n) is 8.57. The fraction of sp³-hybridized carbons (Fsp3) is 0.143. The molecule has 0 amide bonds. The summed E-state index contributed by atoms with van der Waals surface area (Å²) in [6, 6.07) is 20.9. The fourth-order valence-corrected chi connectivity index (χ4v) is 3.81. The van der Waals surface area contributed by atoms with Gasteiger partial charge >= 0.3 is 6.18 Å². The lowest BCUT2D eigenvalue weighted by Gasteiger charge is -2.10. The van der Waals surface area contributed by atoms with E-state index in [4.69, 9.17) is 0 Å². The van der Waals surface area contributed by atoms with E-state index in [1.54, 1.807) is 12.1 Å². The van der Waals surface area contributed by atoms with E-state index in [1.807, 2.05) is 30.3 Å². The van der Waals surface area contributed by atoms with Crippen molar-refractivity contribution in [3.63, 3.8) is 0 Å². The highest BCUT2D eigenvalue weighted by Crippen LogP contribution is 2.29. The maximum Gasteiger partial charge on any atom is 0.416 e. The van der Waals surface area contributed by atoms with Crippen molar-refractivity contribution in [2.24, 2.45) is 0 Å². The second-order valence-corrected chi connectivity index (χ2v) is 8.00. The SMILES string of the molecule is O=S(=O)(NCCc1cccc(C(F)(F)F)c1)c1ccc(-c2ccccc2)cc1. The van der Waals surface area contributed by atoms with Crippen LogP contribution in [0.3, 0.4) is 0 Å². The zero-order chi connectivity index (χ0) is 20.2. The van der Waals surface area contributed by atoms with Crippen molar-refractivity contribution in [1.29, 1.82) is 0 Å². The van der Waals surface area contributed by atoms with E-state index in [1.165, 1.54) is 24.3 Å². The van der Waals surface area contributed by atoms with Crippen molar-refractivity contribution in [2.75, 3.05) is 6.54 Å². The third kappa shape index (κ3) is 4.99. The Bertz CT molecular complexity index is 1030. The maximum atomic E-state index is 12.7. The minimum absolute atomic E-state index is 0.00405. The average molecular weight is 405 g/mol. The quantitative estimate of drug-likeness (QED) is 0.635. The molecular formula is C21H18F3NO2S. The molecule has 0 unspecified atom stereocenters. The van der Waals surface area contributed by atoms with E-state index in [-0.39, 0.29) is 17.9 Å². The van der Waals surface area contributed by atoms with E-state index in [0.29, 0.717) is 5.56 Å². The third-order valence-corrected chi connectivity index (χ3v) is 5.71. The lowest BCUT2D eigenvalue weighted by Crippen LogP contribution is -2.26. The predicted octanol–water partition coefficient (Wildman–Crippen LogP) is 4.89. The molecule has 0 aliphatic heterocycles. The van der Waals surface area contributed by atoms with Gasteiger partial charge in [0.1, 0.15) is 0 Å². The Labute approximate surface area is 161 Å². The van der Waals surface area contributed by atoms with Crippen LogP contribution < -0.4 is 4.72 Å². The molecule has 0 fully saturated rings. The zero-order valence-electron chi connectivity index (χ0n) is 14.8. The molecule has 0 aliphatic rings. The number of hydrogen-bond donors (Lipinski definition) is 1. The van der Waals surface area contributed by atoms with E-state index >= 15 is 0 Å². The first-order valence-corrected chi connectivity index (χ1v) is 10.1. The van der Waals surface area contributed by atoms with Crippen molar-refractivity contribution >= 4 is 10.0 Å². The predicted molar refractivity (Wildman–Crippen MR) is 102 cm³/mol. The van der Waals surface area contributed by atoms with Crippen LogP contribution in [-0.4, -0.2) is 15.0 Å². The zero-order valence-corrected chi connectivity index (χ0v) is 15.6. The van der Waals surface area contributed by atoms with Crippen molar-refractivity contribution in [1.82, 2.24) is 4.72 Å². The minimum Gasteiger partial charge on any atom is -0.211 e. The molecule has 3 aromatic rings. The van der Waals surface area contributed by atoms with Gasteiger partial charge in [0.05, 0.1) is 10.5 Å². The van der Waals surface area contributed by atoms with Gasteiger partial charge in [0, 0.05) is 6.54 Å². The molecule has 0 saturated heterocycles. The van der Waals surface area contributed by atoms with Crippen LogP contribution in [0.15, 0.2) is 83.8 Å². The standard InChI is InChI=1S/C21H18F3NO2S/c22-21(23,24)19-8-4-5-16(15-19)13-14-25-28(26,27)20-11-9-18(10-12-20)17-6-2-1-3-7-17/h1-12,15,25H,13-14H2. The monoisotopic (exact) mass is 405 g/mol. The summed E-state index contributed by atoms with van der Waals surface area (Å²) in [4.78, 5) is 0.108. The van der Waals surface area contributed by atoms with Crippen molar-refractivity contribution in [3.8, 4) is 11.1 Å². The highest BCUT2D eigenvalue weighted by Gasteiger charge is 2.30. The van der Waals surface area contributed by atoms with Crippen LogP contribution in [0, 0.1) is 0 Å². The molecule has 146 valence electrons. The van der Waals surface area contributed by atoms with Gasteiger partial charge < -0.3 is 0 Å². The Morgan fingerprint density at radius 2 is 1.43 bits per heavy atom. The normalized spacial score (nSPS) is 12.1. The lowest BCUT2D eigenvalue weighted by atomic mass is 10.1. The number of rotatable bonds is 6. The Hall–Kier alpha value is -2.64. The average Bonchev–Trinajstić information content (AvgIpc) is 2.68. The van der Waals surface area contributed by atoms with Crippen LogP contribution in [0.5, 0.6) is 0 Å². The van der Waals surface area contributed by atoms with E-state index in [9.17, 15) is 21.6 Å². The van der Waals surface area contributed by atoms with Crippen LogP contribution in [0.25, 0.3) is 11.1 Å². The molecule has 0 atom stereocenters. The summed E-state index contributed by atoms with van der Waals surface area (Å²) in [7, 11) is -3.74. The number of hydrogen-bond acceptors (Lipinski definition) is 2. The Balaban J connectivity index is 1.64. The molecule has 0 saturated carbocycles. The molecule has 0 aromatic heterocycles. The molecule has 0 radical (unpaired) electrons. The molecule has 3 rings (SSSR count). The number of alkyl halides is 3. The summed E-state index contributed by atoms with van der Waals surface area (Å²) in [5.41, 5.74) is 1.54. The van der Waals surface area contributed by atoms with E-state index in [0.717, 1.165) is 23.3 Å². The topological polar surface area (TPSA) is 46.2 Å². The second-order valence-electron chi connectivity index (χ2n) is 6.24. The number of nitrogens with one attached hydrogen (secondary N) is 1. The molecule has 0 spiro atoms. The highest BCUT2D eigenvalue weighted by atomic mass is 32.2. The molecule has 3 nitrogen and oxygen atoms in total. The smallest absolute Gasteiger partial charge is 0.211 e. The number of halogens is 3. The van der Waals surface area contributed by atoms with Crippen molar-refractivity contribution < 1.29 is 21.6 Å². The maximum absolute atomic E-state index is 12.7. The minimum atomic E-state index is -4.42. The largest absolute Gasteiger partial charge is 0.416 e. The van der Waals surface area contributed by atoms with Gasteiger partial charge in [-0.15, -0.1) is 0 Å². The van der Waals surface area contributed by atoms with Crippen LogP contribution in [0.2, 0.25) is 0 Å². The molecule has 0 aliphatic carbocycles. The first-order chi connectivity index (χ1) is 13.3. The van der Waals surface area contributed by atoms with Gasteiger partial charge in [-0.3, -0.25) is 0 Å². The Morgan fingerprint density at radius 1 is 0.786 bits per heavy atom. The summed E-state index contributed by atoms with van der Waals surface area (Å²) in [5.74, 6) is 0. The highest BCUT2D eigenvalue weighted by molar-refractivity contribution is 7.89. The van der Waals surface area contributed by atoms with E-state index in [2.05, 4.69) is 4.72 Å². The van der Waals surface area contributed by atoms with Crippen molar-refractivity contribution in [2.45, 2.75) is 17.5 Å². The molecule has 0 bridgehead atoms. The molecule has 3 aromatic carbocycles.